The zero-order chi connectivity index (χ0) is 20.8. The lowest BCUT2D eigenvalue weighted by atomic mass is 10.1. The Morgan fingerprint density at radius 3 is 2.55 bits per heavy atom. The molecular formula is C21H29N5O3. The molecule has 3 rings (SSSR count). The number of piperazine rings is 1. The van der Waals surface area contributed by atoms with E-state index < -0.39 is 0 Å². The number of hydrogen-bond donors (Lipinski definition) is 1. The minimum atomic E-state index is -0.206. The van der Waals surface area contributed by atoms with Gasteiger partial charge in [0.05, 0.1) is 25.5 Å². The number of methoxy groups -OCH3 is 2. The predicted molar refractivity (Wildman–Crippen MR) is 112 cm³/mol. The monoisotopic (exact) mass is 399 g/mol. The molecule has 0 aliphatic carbocycles. The molecule has 1 aromatic heterocycles. The third-order valence-electron chi connectivity index (χ3n) is 5.25. The lowest BCUT2D eigenvalue weighted by molar-refractivity contribution is 0.0949. The van der Waals surface area contributed by atoms with Gasteiger partial charge in [-0.15, -0.1) is 0 Å². The molecule has 0 atom stereocenters. The van der Waals surface area contributed by atoms with Crippen molar-refractivity contribution in [3.05, 3.63) is 41.2 Å². The van der Waals surface area contributed by atoms with E-state index >= 15 is 0 Å². The van der Waals surface area contributed by atoms with E-state index in [1.807, 2.05) is 19.1 Å². The van der Waals surface area contributed by atoms with E-state index in [9.17, 15) is 4.79 Å². The maximum atomic E-state index is 12.7. The molecule has 1 N–H and O–H groups in total. The summed E-state index contributed by atoms with van der Waals surface area (Å²) < 4.78 is 10.6. The van der Waals surface area contributed by atoms with Crippen molar-refractivity contribution in [2.75, 3.05) is 51.8 Å². The van der Waals surface area contributed by atoms with Crippen molar-refractivity contribution < 1.29 is 14.3 Å². The average molecular weight is 399 g/mol. The fourth-order valence-electron chi connectivity index (χ4n) is 3.36. The van der Waals surface area contributed by atoms with Crippen LogP contribution in [0.5, 0.6) is 11.5 Å². The first-order valence-electron chi connectivity index (χ1n) is 9.85. The minimum Gasteiger partial charge on any atom is -0.497 e. The highest BCUT2D eigenvalue weighted by atomic mass is 16.5. The molecule has 1 saturated heterocycles. The van der Waals surface area contributed by atoms with E-state index in [1.165, 1.54) is 0 Å². The predicted octanol–water partition coefficient (Wildman–Crippen LogP) is 1.87. The van der Waals surface area contributed by atoms with Crippen molar-refractivity contribution in [3.8, 4) is 11.5 Å². The molecule has 0 spiro atoms. The van der Waals surface area contributed by atoms with Gasteiger partial charge in [-0.25, -0.2) is 9.97 Å². The fourth-order valence-corrected chi connectivity index (χ4v) is 3.36. The molecule has 1 aliphatic rings. The number of aromatic nitrogens is 2. The summed E-state index contributed by atoms with van der Waals surface area (Å²) in [5, 5.41) is 2.92. The van der Waals surface area contributed by atoms with Crippen LogP contribution in [0.1, 0.15) is 28.5 Å². The van der Waals surface area contributed by atoms with Crippen LogP contribution in [-0.2, 0) is 6.54 Å². The second-order valence-electron chi connectivity index (χ2n) is 6.95. The largest absolute Gasteiger partial charge is 0.497 e. The third kappa shape index (κ3) is 4.95. The van der Waals surface area contributed by atoms with Gasteiger partial charge in [-0.3, -0.25) is 4.79 Å². The van der Waals surface area contributed by atoms with Gasteiger partial charge < -0.3 is 24.6 Å². The number of likely N-dealkylation sites (N-methyl/N-ethyl adjacent to an activating group) is 1. The van der Waals surface area contributed by atoms with Gasteiger partial charge >= 0.3 is 0 Å². The highest BCUT2D eigenvalue weighted by Gasteiger charge is 2.20. The van der Waals surface area contributed by atoms with Crippen molar-refractivity contribution in [1.82, 2.24) is 20.2 Å². The quantitative estimate of drug-likeness (QED) is 0.761. The highest BCUT2D eigenvalue weighted by molar-refractivity contribution is 5.95. The van der Waals surface area contributed by atoms with Crippen LogP contribution in [0.25, 0.3) is 0 Å². The van der Waals surface area contributed by atoms with Gasteiger partial charge in [-0.1, -0.05) is 6.92 Å². The molecule has 156 valence electrons. The molecule has 1 aliphatic heterocycles. The standard InChI is InChI=1S/C21H29N5O3/c1-5-25-8-10-26(11-9-25)21-23-14-18(15(2)24-21)20(27)22-13-16-6-7-17(28-3)12-19(16)29-4/h6-7,12,14H,5,8-11,13H2,1-4H3,(H,22,27). The van der Waals surface area contributed by atoms with Crippen LogP contribution in [-0.4, -0.2) is 67.7 Å². The Morgan fingerprint density at radius 1 is 1.17 bits per heavy atom. The van der Waals surface area contributed by atoms with Gasteiger partial charge in [0.15, 0.2) is 0 Å². The van der Waals surface area contributed by atoms with Crippen LogP contribution in [0.15, 0.2) is 24.4 Å². The number of hydrogen-bond acceptors (Lipinski definition) is 7. The number of aryl methyl sites for hydroxylation is 1. The van der Waals surface area contributed by atoms with Crippen molar-refractivity contribution in [1.29, 1.82) is 0 Å². The zero-order valence-electron chi connectivity index (χ0n) is 17.6. The Morgan fingerprint density at radius 2 is 1.93 bits per heavy atom. The topological polar surface area (TPSA) is 79.8 Å². The van der Waals surface area contributed by atoms with Gasteiger partial charge in [-0.2, -0.15) is 0 Å². The molecule has 2 aromatic rings. The Kier molecular flexibility index (Phi) is 6.87. The summed E-state index contributed by atoms with van der Waals surface area (Å²) in [4.78, 5) is 26.2. The number of carbonyl (C=O) groups excluding carboxylic acids is 1. The second-order valence-corrected chi connectivity index (χ2v) is 6.95. The van der Waals surface area contributed by atoms with Gasteiger partial charge in [0.1, 0.15) is 11.5 Å². The lowest BCUT2D eigenvalue weighted by Gasteiger charge is -2.34. The second kappa shape index (κ2) is 9.56. The van der Waals surface area contributed by atoms with Crippen LogP contribution >= 0.6 is 0 Å². The fraction of sp³-hybridized carbons (Fsp3) is 0.476. The number of benzene rings is 1. The van der Waals surface area contributed by atoms with E-state index in [4.69, 9.17) is 9.47 Å². The molecule has 8 heteroatoms. The zero-order valence-corrected chi connectivity index (χ0v) is 17.6. The molecule has 1 fully saturated rings. The first-order chi connectivity index (χ1) is 14.0. The summed E-state index contributed by atoms with van der Waals surface area (Å²) in [6, 6.07) is 5.51. The number of nitrogens with one attached hydrogen (secondary N) is 1. The van der Waals surface area contributed by atoms with Crippen molar-refractivity contribution in [2.24, 2.45) is 0 Å². The first-order valence-corrected chi connectivity index (χ1v) is 9.85. The Balaban J connectivity index is 1.64. The molecule has 0 unspecified atom stereocenters. The Hall–Kier alpha value is -2.87. The molecule has 0 bridgehead atoms. The van der Waals surface area contributed by atoms with Crippen LogP contribution in [0.2, 0.25) is 0 Å². The summed E-state index contributed by atoms with van der Waals surface area (Å²) in [5.74, 6) is 1.85. The van der Waals surface area contributed by atoms with E-state index in [1.54, 1.807) is 26.5 Å². The van der Waals surface area contributed by atoms with Gasteiger partial charge in [0.25, 0.3) is 5.91 Å². The maximum absolute atomic E-state index is 12.7. The first kappa shape index (κ1) is 20.9. The average Bonchev–Trinajstić information content (AvgIpc) is 2.77. The van der Waals surface area contributed by atoms with E-state index in [-0.39, 0.29) is 5.91 Å². The van der Waals surface area contributed by atoms with Crippen molar-refractivity contribution in [2.45, 2.75) is 20.4 Å². The van der Waals surface area contributed by atoms with Crippen LogP contribution in [0.4, 0.5) is 5.95 Å². The lowest BCUT2D eigenvalue weighted by Crippen LogP contribution is -2.46. The normalized spacial score (nSPS) is 14.6. The van der Waals surface area contributed by atoms with Gasteiger partial charge in [0, 0.05) is 50.6 Å². The van der Waals surface area contributed by atoms with Gasteiger partial charge in [0.2, 0.25) is 5.95 Å². The van der Waals surface area contributed by atoms with Crippen molar-refractivity contribution in [3.63, 3.8) is 0 Å². The number of anilines is 1. The van der Waals surface area contributed by atoms with Crippen LogP contribution < -0.4 is 19.7 Å². The number of amides is 1. The molecule has 8 nitrogen and oxygen atoms in total. The van der Waals surface area contributed by atoms with Crippen LogP contribution in [0.3, 0.4) is 0 Å². The minimum absolute atomic E-state index is 0.206. The molecule has 0 radical (unpaired) electrons. The van der Waals surface area contributed by atoms with E-state index in [0.29, 0.717) is 35.2 Å². The summed E-state index contributed by atoms with van der Waals surface area (Å²) in [6.45, 7) is 9.22. The number of carbonyl (C=O) groups is 1. The SMILES string of the molecule is CCN1CCN(c2ncc(C(=O)NCc3ccc(OC)cc3OC)c(C)n2)CC1. The van der Waals surface area contributed by atoms with Crippen LogP contribution in [0, 0.1) is 6.92 Å². The van der Waals surface area contributed by atoms with E-state index in [2.05, 4.69) is 32.0 Å². The molecule has 2 heterocycles. The summed E-state index contributed by atoms with van der Waals surface area (Å²) in [5.41, 5.74) is 2.02. The molecular weight excluding hydrogens is 370 g/mol. The van der Waals surface area contributed by atoms with E-state index in [0.717, 1.165) is 38.3 Å². The number of nitrogens with zero attached hydrogens (tertiary/aromatic N) is 4. The summed E-state index contributed by atoms with van der Waals surface area (Å²) in [7, 11) is 3.20. The molecule has 0 saturated carbocycles. The number of rotatable bonds is 7. The molecule has 1 aromatic carbocycles. The Labute approximate surface area is 171 Å². The third-order valence-corrected chi connectivity index (χ3v) is 5.25. The number of ether oxygens (including phenoxy) is 2. The Bertz CT molecular complexity index is 850. The van der Waals surface area contributed by atoms with Crippen molar-refractivity contribution >= 4 is 11.9 Å². The summed E-state index contributed by atoms with van der Waals surface area (Å²) in [6.07, 6.45) is 1.62. The molecule has 1 amide bonds. The smallest absolute Gasteiger partial charge is 0.254 e. The highest BCUT2D eigenvalue weighted by Crippen LogP contribution is 2.24. The van der Waals surface area contributed by atoms with Gasteiger partial charge in [-0.05, 0) is 25.6 Å². The maximum Gasteiger partial charge on any atom is 0.254 e. The summed E-state index contributed by atoms with van der Waals surface area (Å²) >= 11 is 0. The molecule has 29 heavy (non-hydrogen) atoms.